The lowest BCUT2D eigenvalue weighted by molar-refractivity contribution is -0.119. The summed E-state index contributed by atoms with van der Waals surface area (Å²) in [5.41, 5.74) is -0.387. The van der Waals surface area contributed by atoms with Gasteiger partial charge in [0.2, 0.25) is 11.0 Å². The van der Waals surface area contributed by atoms with E-state index in [-0.39, 0.29) is 11.4 Å². The molecule has 20 heavy (non-hydrogen) atoms. The first kappa shape index (κ1) is 16.7. The van der Waals surface area contributed by atoms with Gasteiger partial charge in [0.15, 0.2) is 4.34 Å². The molecular formula is C11H19N5O2S2. The van der Waals surface area contributed by atoms with E-state index < -0.39 is 11.3 Å². The van der Waals surface area contributed by atoms with E-state index in [0.717, 1.165) is 0 Å². The van der Waals surface area contributed by atoms with Gasteiger partial charge < -0.3 is 10.6 Å². The van der Waals surface area contributed by atoms with Crippen LogP contribution in [-0.2, 0) is 4.79 Å². The van der Waals surface area contributed by atoms with Gasteiger partial charge in [0, 0.05) is 12.6 Å². The van der Waals surface area contributed by atoms with Gasteiger partial charge in [-0.25, -0.2) is 4.79 Å². The van der Waals surface area contributed by atoms with E-state index in [0.29, 0.717) is 9.47 Å². The van der Waals surface area contributed by atoms with Crippen LogP contribution in [0.15, 0.2) is 4.34 Å². The molecule has 112 valence electrons. The number of hydrogen-bond acceptors (Lipinski definition) is 7. The third-order valence-electron chi connectivity index (χ3n) is 1.99. The molecule has 0 radical (unpaired) electrons. The maximum Gasteiger partial charge on any atom is 0.321 e. The first-order chi connectivity index (χ1) is 9.21. The molecule has 1 aromatic heterocycles. The van der Waals surface area contributed by atoms with E-state index in [4.69, 9.17) is 0 Å². The molecule has 3 amide bonds. The molecule has 1 rings (SSSR count). The van der Waals surface area contributed by atoms with Crippen molar-refractivity contribution in [2.75, 3.05) is 12.4 Å². The van der Waals surface area contributed by atoms with Crippen LogP contribution < -0.4 is 16.0 Å². The van der Waals surface area contributed by atoms with Crippen LogP contribution in [-0.4, -0.2) is 40.0 Å². The Hall–Kier alpha value is -1.35. The van der Waals surface area contributed by atoms with Crippen LogP contribution in [0.1, 0.15) is 27.7 Å². The summed E-state index contributed by atoms with van der Waals surface area (Å²) in [6.07, 6.45) is 0. The lowest BCUT2D eigenvalue weighted by atomic mass is 10.1. The molecule has 1 aromatic rings. The van der Waals surface area contributed by atoms with Gasteiger partial charge in [0.1, 0.15) is 0 Å². The van der Waals surface area contributed by atoms with Gasteiger partial charge in [-0.2, -0.15) is 0 Å². The lowest BCUT2D eigenvalue weighted by Crippen LogP contribution is -2.49. The van der Waals surface area contributed by atoms with E-state index in [1.54, 1.807) is 14.0 Å². The van der Waals surface area contributed by atoms with Gasteiger partial charge in [0.05, 0.1) is 5.25 Å². The van der Waals surface area contributed by atoms with Crippen LogP contribution in [0.3, 0.4) is 0 Å². The van der Waals surface area contributed by atoms with E-state index >= 15 is 0 Å². The molecule has 1 heterocycles. The number of aromatic nitrogens is 2. The molecule has 0 fully saturated rings. The second kappa shape index (κ2) is 6.89. The van der Waals surface area contributed by atoms with E-state index in [2.05, 4.69) is 26.1 Å². The van der Waals surface area contributed by atoms with Gasteiger partial charge in [0.25, 0.3) is 0 Å². The third kappa shape index (κ3) is 5.74. The lowest BCUT2D eigenvalue weighted by Gasteiger charge is -2.20. The van der Waals surface area contributed by atoms with Gasteiger partial charge in [-0.15, -0.1) is 10.2 Å². The first-order valence-electron chi connectivity index (χ1n) is 6.02. The van der Waals surface area contributed by atoms with Gasteiger partial charge >= 0.3 is 6.03 Å². The molecule has 0 aliphatic rings. The Balaban J connectivity index is 2.48. The molecule has 0 aliphatic carbocycles. The van der Waals surface area contributed by atoms with Crippen LogP contribution in [0.5, 0.6) is 0 Å². The van der Waals surface area contributed by atoms with Crippen molar-refractivity contribution in [2.24, 2.45) is 0 Å². The number of urea groups is 1. The number of nitrogens with one attached hydrogen (secondary N) is 3. The standard InChI is InChI=1S/C11H19N5O2S2/c1-6(19-10-16-15-9(12-5)20-10)7(17)13-8(18)14-11(2,3)4/h6H,1-5H3,(H,12,15)(H2,13,14,17,18)/t6-/m0/s1. The average molecular weight is 317 g/mol. The number of imide groups is 1. The van der Waals surface area contributed by atoms with Crippen LogP contribution >= 0.6 is 23.1 Å². The van der Waals surface area contributed by atoms with Crippen LogP contribution in [0.4, 0.5) is 9.93 Å². The Morgan fingerprint density at radius 1 is 1.30 bits per heavy atom. The predicted octanol–water partition coefficient (Wildman–Crippen LogP) is 1.68. The van der Waals surface area contributed by atoms with Crippen molar-refractivity contribution in [3.05, 3.63) is 0 Å². The number of amides is 3. The van der Waals surface area contributed by atoms with Gasteiger partial charge in [-0.3, -0.25) is 10.1 Å². The highest BCUT2D eigenvalue weighted by Crippen LogP contribution is 2.28. The smallest absolute Gasteiger partial charge is 0.321 e. The minimum atomic E-state index is -0.497. The topological polar surface area (TPSA) is 96.0 Å². The highest BCUT2D eigenvalue weighted by molar-refractivity contribution is 8.02. The van der Waals surface area contributed by atoms with Crippen molar-refractivity contribution in [3.8, 4) is 0 Å². The molecule has 0 unspecified atom stereocenters. The summed E-state index contributed by atoms with van der Waals surface area (Å²) < 4.78 is 0.674. The predicted molar refractivity (Wildman–Crippen MR) is 81.2 cm³/mol. The Bertz CT molecular complexity index is 483. The van der Waals surface area contributed by atoms with Gasteiger partial charge in [-0.05, 0) is 27.7 Å². The molecule has 0 aromatic carbocycles. The Morgan fingerprint density at radius 3 is 2.45 bits per heavy atom. The largest absolute Gasteiger partial charge is 0.363 e. The number of carbonyl (C=O) groups excluding carboxylic acids is 2. The maximum absolute atomic E-state index is 11.9. The van der Waals surface area contributed by atoms with Crippen molar-refractivity contribution in [1.29, 1.82) is 0 Å². The average Bonchev–Trinajstić information content (AvgIpc) is 2.73. The fourth-order valence-corrected chi connectivity index (χ4v) is 3.00. The Morgan fingerprint density at radius 2 is 1.95 bits per heavy atom. The normalized spacial score (nSPS) is 12.7. The Kier molecular flexibility index (Phi) is 5.75. The van der Waals surface area contributed by atoms with Crippen LogP contribution in [0.25, 0.3) is 0 Å². The highest BCUT2D eigenvalue weighted by Gasteiger charge is 2.21. The van der Waals surface area contributed by atoms with Crippen molar-refractivity contribution in [3.63, 3.8) is 0 Å². The number of nitrogens with zero attached hydrogens (tertiary/aromatic N) is 2. The number of rotatable bonds is 4. The second-order valence-corrected chi connectivity index (χ2v) is 7.64. The van der Waals surface area contributed by atoms with Gasteiger partial charge in [-0.1, -0.05) is 23.1 Å². The van der Waals surface area contributed by atoms with Crippen LogP contribution in [0.2, 0.25) is 0 Å². The Labute approximate surface area is 126 Å². The zero-order valence-electron chi connectivity index (χ0n) is 12.1. The monoisotopic (exact) mass is 317 g/mol. The first-order valence-corrected chi connectivity index (χ1v) is 7.72. The number of hydrogen-bond donors (Lipinski definition) is 3. The molecule has 7 nitrogen and oxygen atoms in total. The summed E-state index contributed by atoms with van der Waals surface area (Å²) >= 11 is 2.62. The molecule has 0 saturated carbocycles. The zero-order chi connectivity index (χ0) is 15.3. The SMILES string of the molecule is CNc1nnc(S[C@@H](C)C(=O)NC(=O)NC(C)(C)C)s1. The third-order valence-corrected chi connectivity index (χ3v) is 4.12. The van der Waals surface area contributed by atoms with E-state index in [9.17, 15) is 9.59 Å². The molecule has 0 spiro atoms. The molecule has 1 atom stereocenters. The maximum atomic E-state index is 11.9. The molecule has 0 bridgehead atoms. The molecule has 0 aliphatic heterocycles. The fourth-order valence-electron chi connectivity index (χ4n) is 1.15. The van der Waals surface area contributed by atoms with E-state index in [1.165, 1.54) is 23.1 Å². The molecular weight excluding hydrogens is 298 g/mol. The number of anilines is 1. The highest BCUT2D eigenvalue weighted by atomic mass is 32.2. The minimum Gasteiger partial charge on any atom is -0.363 e. The van der Waals surface area contributed by atoms with Crippen molar-refractivity contribution in [2.45, 2.75) is 42.8 Å². The number of thioether (sulfide) groups is 1. The summed E-state index contributed by atoms with van der Waals surface area (Å²) in [7, 11) is 1.75. The quantitative estimate of drug-likeness (QED) is 0.731. The summed E-state index contributed by atoms with van der Waals surface area (Å²) in [5, 5.41) is 15.9. The fraction of sp³-hybridized carbons (Fsp3) is 0.636. The van der Waals surface area contributed by atoms with Crippen molar-refractivity contribution >= 4 is 40.2 Å². The summed E-state index contributed by atoms with van der Waals surface area (Å²) in [5.74, 6) is -0.363. The van der Waals surface area contributed by atoms with Crippen LogP contribution in [0, 0.1) is 0 Å². The second-order valence-electron chi connectivity index (χ2n) is 5.08. The summed E-state index contributed by atoms with van der Waals surface area (Å²) in [6.45, 7) is 7.24. The molecule has 0 saturated heterocycles. The zero-order valence-corrected chi connectivity index (χ0v) is 13.7. The summed E-state index contributed by atoms with van der Waals surface area (Å²) in [6, 6.07) is -0.497. The minimum absolute atomic E-state index is 0.363. The van der Waals surface area contributed by atoms with Crippen molar-refractivity contribution < 1.29 is 9.59 Å². The molecule has 3 N–H and O–H groups in total. The van der Waals surface area contributed by atoms with Crippen molar-refractivity contribution in [1.82, 2.24) is 20.8 Å². The number of carbonyl (C=O) groups is 2. The molecule has 9 heteroatoms. The van der Waals surface area contributed by atoms with E-state index in [1.807, 2.05) is 20.8 Å². The summed E-state index contributed by atoms with van der Waals surface area (Å²) in [4.78, 5) is 23.5.